The third-order valence-corrected chi connectivity index (χ3v) is 3.40. The van der Waals surface area contributed by atoms with Gasteiger partial charge >= 0.3 is 0 Å². The molecule has 0 fully saturated rings. The van der Waals surface area contributed by atoms with Crippen LogP contribution >= 0.6 is 23.2 Å². The quantitative estimate of drug-likeness (QED) is 0.814. The summed E-state index contributed by atoms with van der Waals surface area (Å²) >= 11 is 11.8. The van der Waals surface area contributed by atoms with Gasteiger partial charge in [-0.1, -0.05) is 41.3 Å². The highest BCUT2D eigenvalue weighted by Crippen LogP contribution is 2.25. The lowest BCUT2D eigenvalue weighted by Crippen LogP contribution is -1.99. The number of nitrogens with one attached hydrogen (secondary N) is 1. The van der Waals surface area contributed by atoms with Gasteiger partial charge in [0, 0.05) is 12.2 Å². The average Bonchev–Trinajstić information content (AvgIpc) is 2.47. The monoisotopic (exact) mass is 305 g/mol. The molecule has 0 aliphatic heterocycles. The maximum absolute atomic E-state index is 5.96. The highest BCUT2D eigenvalue weighted by Gasteiger charge is 2.00. The van der Waals surface area contributed by atoms with Crippen molar-refractivity contribution in [3.05, 3.63) is 58.1 Å². The molecule has 0 saturated heterocycles. The van der Waals surface area contributed by atoms with Gasteiger partial charge in [0.25, 0.3) is 0 Å². The Labute approximate surface area is 128 Å². The maximum atomic E-state index is 5.96. The van der Waals surface area contributed by atoms with Crippen LogP contribution in [0, 0.1) is 12.3 Å². The van der Waals surface area contributed by atoms with Crippen LogP contribution in [0.5, 0.6) is 5.75 Å². The minimum Gasteiger partial charge on any atom is -0.481 e. The van der Waals surface area contributed by atoms with Crippen molar-refractivity contribution in [3.63, 3.8) is 0 Å². The number of hydrogen-bond acceptors (Lipinski definition) is 2. The Morgan fingerprint density at radius 3 is 2.45 bits per heavy atom. The van der Waals surface area contributed by atoms with Crippen LogP contribution in [0.1, 0.15) is 5.56 Å². The number of anilines is 1. The molecule has 0 radical (unpaired) electrons. The number of ether oxygens (including phenoxy) is 1. The van der Waals surface area contributed by atoms with E-state index in [1.807, 2.05) is 30.3 Å². The Morgan fingerprint density at radius 2 is 1.80 bits per heavy atom. The second kappa shape index (κ2) is 7.09. The fourth-order valence-electron chi connectivity index (χ4n) is 1.64. The largest absolute Gasteiger partial charge is 0.481 e. The lowest BCUT2D eigenvalue weighted by Gasteiger charge is -2.08. The summed E-state index contributed by atoms with van der Waals surface area (Å²) in [4.78, 5) is 0. The van der Waals surface area contributed by atoms with Crippen molar-refractivity contribution in [1.29, 1.82) is 0 Å². The summed E-state index contributed by atoms with van der Waals surface area (Å²) in [5, 5.41) is 4.36. The topological polar surface area (TPSA) is 21.3 Å². The first-order valence-corrected chi connectivity index (χ1v) is 6.79. The van der Waals surface area contributed by atoms with Crippen LogP contribution in [0.15, 0.2) is 42.5 Å². The Morgan fingerprint density at radius 1 is 1.05 bits per heavy atom. The molecular formula is C16H13Cl2NO. The normalized spacial score (nSPS) is 9.85. The Hall–Kier alpha value is -1.82. The predicted octanol–water partition coefficient (Wildman–Crippen LogP) is 4.62. The van der Waals surface area contributed by atoms with Crippen molar-refractivity contribution in [1.82, 2.24) is 0 Å². The van der Waals surface area contributed by atoms with Gasteiger partial charge in [-0.2, -0.15) is 0 Å². The Balaban J connectivity index is 1.93. The molecule has 2 aromatic rings. The van der Waals surface area contributed by atoms with E-state index in [9.17, 15) is 0 Å². The van der Waals surface area contributed by atoms with Gasteiger partial charge in [-0.05, 0) is 35.9 Å². The van der Waals surface area contributed by atoms with Crippen molar-refractivity contribution in [2.45, 2.75) is 6.54 Å². The predicted molar refractivity (Wildman–Crippen MR) is 84.6 cm³/mol. The van der Waals surface area contributed by atoms with Gasteiger partial charge < -0.3 is 10.1 Å². The third kappa shape index (κ3) is 4.09. The summed E-state index contributed by atoms with van der Waals surface area (Å²) in [5.41, 5.74) is 2.05. The lowest BCUT2D eigenvalue weighted by molar-refractivity contribution is 0.370. The second-order valence-corrected chi connectivity index (χ2v) is 4.93. The SMILES string of the molecule is C#CCOc1ccc(CNc2ccc(Cl)c(Cl)c2)cc1. The van der Waals surface area contributed by atoms with Crippen molar-refractivity contribution < 1.29 is 4.74 Å². The van der Waals surface area contributed by atoms with Gasteiger partial charge in [0.1, 0.15) is 12.4 Å². The zero-order valence-corrected chi connectivity index (χ0v) is 12.2. The first kappa shape index (κ1) is 14.6. The van der Waals surface area contributed by atoms with Crippen LogP contribution in [0.3, 0.4) is 0 Å². The molecule has 4 heteroatoms. The summed E-state index contributed by atoms with van der Waals surface area (Å²) < 4.78 is 5.31. The molecule has 0 saturated carbocycles. The van der Waals surface area contributed by atoms with E-state index >= 15 is 0 Å². The fraction of sp³-hybridized carbons (Fsp3) is 0.125. The molecular weight excluding hydrogens is 293 g/mol. The molecule has 0 bridgehead atoms. The number of benzene rings is 2. The molecule has 0 aliphatic carbocycles. The van der Waals surface area contributed by atoms with Crippen molar-refractivity contribution in [2.75, 3.05) is 11.9 Å². The molecule has 0 aromatic heterocycles. The smallest absolute Gasteiger partial charge is 0.148 e. The molecule has 102 valence electrons. The van der Waals surface area contributed by atoms with Gasteiger partial charge in [0.05, 0.1) is 10.0 Å². The van der Waals surface area contributed by atoms with Gasteiger partial charge in [-0.15, -0.1) is 6.42 Å². The summed E-state index contributed by atoms with van der Waals surface area (Å²) in [6, 6.07) is 13.2. The van der Waals surface area contributed by atoms with E-state index in [1.54, 1.807) is 12.1 Å². The molecule has 0 heterocycles. The summed E-state index contributed by atoms with van der Waals surface area (Å²) in [6.45, 7) is 0.967. The van der Waals surface area contributed by atoms with Gasteiger partial charge in [-0.25, -0.2) is 0 Å². The van der Waals surface area contributed by atoms with Crippen LogP contribution in [0.25, 0.3) is 0 Å². The molecule has 1 N–H and O–H groups in total. The molecule has 0 amide bonds. The van der Waals surface area contributed by atoms with Gasteiger partial charge in [-0.3, -0.25) is 0 Å². The highest BCUT2D eigenvalue weighted by molar-refractivity contribution is 6.42. The van der Waals surface area contributed by atoms with E-state index < -0.39 is 0 Å². The number of terminal acetylenes is 1. The average molecular weight is 306 g/mol. The Bertz CT molecular complexity index is 617. The molecule has 0 aliphatic rings. The van der Waals surface area contributed by atoms with Crippen molar-refractivity contribution in [2.24, 2.45) is 0 Å². The highest BCUT2D eigenvalue weighted by atomic mass is 35.5. The summed E-state index contributed by atoms with van der Waals surface area (Å²) in [6.07, 6.45) is 5.14. The first-order valence-electron chi connectivity index (χ1n) is 6.03. The fourth-order valence-corrected chi connectivity index (χ4v) is 1.94. The number of hydrogen-bond donors (Lipinski definition) is 1. The molecule has 2 aromatic carbocycles. The minimum atomic E-state index is 0.279. The van der Waals surface area contributed by atoms with E-state index in [0.29, 0.717) is 16.6 Å². The van der Waals surface area contributed by atoms with Crippen molar-refractivity contribution in [3.8, 4) is 18.1 Å². The molecule has 20 heavy (non-hydrogen) atoms. The first-order chi connectivity index (χ1) is 9.69. The van der Waals surface area contributed by atoms with E-state index in [2.05, 4.69) is 11.2 Å². The summed E-state index contributed by atoms with van der Waals surface area (Å²) in [5.74, 6) is 3.19. The van der Waals surface area contributed by atoms with Crippen LogP contribution < -0.4 is 10.1 Å². The van der Waals surface area contributed by atoms with Crippen LogP contribution in [-0.4, -0.2) is 6.61 Å². The third-order valence-electron chi connectivity index (χ3n) is 2.66. The van der Waals surface area contributed by atoms with E-state index in [1.165, 1.54) is 0 Å². The second-order valence-electron chi connectivity index (χ2n) is 4.12. The molecule has 2 nitrogen and oxygen atoms in total. The molecule has 0 atom stereocenters. The zero-order valence-electron chi connectivity index (χ0n) is 10.7. The standard InChI is InChI=1S/C16H13Cl2NO/c1-2-9-20-14-6-3-12(4-7-14)11-19-13-5-8-15(17)16(18)10-13/h1,3-8,10,19H,9,11H2. The Kier molecular flexibility index (Phi) is 5.17. The number of halogens is 2. The molecule has 0 unspecified atom stereocenters. The maximum Gasteiger partial charge on any atom is 0.148 e. The molecule has 2 rings (SSSR count). The van der Waals surface area contributed by atoms with E-state index in [-0.39, 0.29) is 6.61 Å². The van der Waals surface area contributed by atoms with Gasteiger partial charge in [0.15, 0.2) is 0 Å². The van der Waals surface area contributed by atoms with Crippen LogP contribution in [0.2, 0.25) is 10.0 Å². The van der Waals surface area contributed by atoms with E-state index in [4.69, 9.17) is 34.4 Å². The van der Waals surface area contributed by atoms with E-state index in [0.717, 1.165) is 17.0 Å². The minimum absolute atomic E-state index is 0.279. The summed E-state index contributed by atoms with van der Waals surface area (Å²) in [7, 11) is 0. The zero-order chi connectivity index (χ0) is 14.4. The van der Waals surface area contributed by atoms with Gasteiger partial charge in [0.2, 0.25) is 0 Å². The molecule has 0 spiro atoms. The number of rotatable bonds is 5. The van der Waals surface area contributed by atoms with Crippen LogP contribution in [-0.2, 0) is 6.54 Å². The van der Waals surface area contributed by atoms with Crippen molar-refractivity contribution >= 4 is 28.9 Å². The van der Waals surface area contributed by atoms with Crippen LogP contribution in [0.4, 0.5) is 5.69 Å². The lowest BCUT2D eigenvalue weighted by atomic mass is 10.2.